The Balaban J connectivity index is 2.10. The van der Waals surface area contributed by atoms with Gasteiger partial charge in [0, 0.05) is 22.0 Å². The third-order valence-corrected chi connectivity index (χ3v) is 4.10. The number of benzene rings is 1. The van der Waals surface area contributed by atoms with Gasteiger partial charge in [0.05, 0.1) is 22.7 Å². The summed E-state index contributed by atoms with van der Waals surface area (Å²) in [5, 5.41) is 15.4. The van der Waals surface area contributed by atoms with Crippen LogP contribution in [0.1, 0.15) is 12.0 Å². The van der Waals surface area contributed by atoms with Crippen LogP contribution in [0.4, 0.5) is 0 Å². The first kappa shape index (κ1) is 16.6. The molecule has 0 spiro atoms. The van der Waals surface area contributed by atoms with Gasteiger partial charge in [0.1, 0.15) is 12.7 Å². The molecule has 112 valence electrons. The molecular formula is C13H11Cl4N3O. The smallest absolute Gasteiger partial charge is 0.137 e. The van der Waals surface area contributed by atoms with Gasteiger partial charge in [-0.25, -0.2) is 4.98 Å². The second kappa shape index (κ2) is 7.47. The Morgan fingerprint density at radius 3 is 2.67 bits per heavy atom. The van der Waals surface area contributed by atoms with Gasteiger partial charge in [-0.3, -0.25) is 4.68 Å². The molecule has 0 saturated heterocycles. The summed E-state index contributed by atoms with van der Waals surface area (Å²) in [7, 11) is 0. The lowest BCUT2D eigenvalue weighted by molar-refractivity contribution is 0.151. The standard InChI is InChI=1S/C13H11Cl4N3O/c14-8-1-2-10(11(15)3-8)13(17)12(16)4-9(21)5-20-7-18-6-19-20/h1-3,6-7,9,21H,4-5H2. The minimum atomic E-state index is -0.737. The van der Waals surface area contributed by atoms with E-state index in [1.54, 1.807) is 18.2 Å². The SMILES string of the molecule is OC(CC(Cl)=C(Cl)c1ccc(Cl)cc1Cl)Cn1cncn1. The molecule has 0 aliphatic rings. The van der Waals surface area contributed by atoms with Crippen LogP contribution in [0.25, 0.3) is 5.03 Å². The summed E-state index contributed by atoms with van der Waals surface area (Å²) in [6.07, 6.45) is 2.35. The van der Waals surface area contributed by atoms with Crippen LogP contribution in [0.2, 0.25) is 10.0 Å². The van der Waals surface area contributed by atoms with Crippen molar-refractivity contribution in [3.8, 4) is 0 Å². The van der Waals surface area contributed by atoms with E-state index in [-0.39, 0.29) is 18.0 Å². The van der Waals surface area contributed by atoms with Gasteiger partial charge < -0.3 is 5.11 Å². The van der Waals surface area contributed by atoms with Crippen LogP contribution in [-0.4, -0.2) is 26.0 Å². The topological polar surface area (TPSA) is 50.9 Å². The Hall–Kier alpha value is -0.780. The van der Waals surface area contributed by atoms with Gasteiger partial charge in [0.2, 0.25) is 0 Å². The predicted octanol–water partition coefficient (Wildman–Crippen LogP) is 4.18. The van der Waals surface area contributed by atoms with E-state index < -0.39 is 6.10 Å². The molecule has 0 fully saturated rings. The normalized spacial score (nSPS) is 14.0. The van der Waals surface area contributed by atoms with Crippen LogP contribution >= 0.6 is 46.4 Å². The molecule has 0 aliphatic carbocycles. The van der Waals surface area contributed by atoms with Gasteiger partial charge in [0.15, 0.2) is 0 Å². The van der Waals surface area contributed by atoms with Gasteiger partial charge in [-0.1, -0.05) is 52.5 Å². The summed E-state index contributed by atoms with van der Waals surface area (Å²) < 4.78 is 1.51. The lowest BCUT2D eigenvalue weighted by Gasteiger charge is -2.12. The van der Waals surface area contributed by atoms with Gasteiger partial charge in [-0.2, -0.15) is 5.10 Å². The highest BCUT2D eigenvalue weighted by Gasteiger charge is 2.14. The van der Waals surface area contributed by atoms with Crippen molar-refractivity contribution in [2.75, 3.05) is 0 Å². The quantitative estimate of drug-likeness (QED) is 0.863. The monoisotopic (exact) mass is 365 g/mol. The second-order valence-corrected chi connectivity index (χ2v) is 6.00. The first-order valence-electron chi connectivity index (χ1n) is 5.97. The maximum absolute atomic E-state index is 9.98. The van der Waals surface area contributed by atoms with E-state index in [0.717, 1.165) is 0 Å². The van der Waals surface area contributed by atoms with E-state index in [0.29, 0.717) is 20.6 Å². The van der Waals surface area contributed by atoms with Crippen molar-refractivity contribution >= 4 is 51.4 Å². The molecule has 1 unspecified atom stereocenters. The fourth-order valence-electron chi connectivity index (χ4n) is 1.72. The summed E-state index contributed by atoms with van der Waals surface area (Å²) in [5.41, 5.74) is 0.570. The summed E-state index contributed by atoms with van der Waals surface area (Å²) >= 11 is 24.3. The number of hydrogen-bond acceptors (Lipinski definition) is 3. The molecule has 4 nitrogen and oxygen atoms in total. The molecule has 0 saturated carbocycles. The van der Waals surface area contributed by atoms with Crippen molar-refractivity contribution < 1.29 is 5.11 Å². The zero-order chi connectivity index (χ0) is 15.4. The lowest BCUT2D eigenvalue weighted by Crippen LogP contribution is -2.16. The molecule has 2 rings (SSSR count). The van der Waals surface area contributed by atoms with Crippen molar-refractivity contribution in [3.63, 3.8) is 0 Å². The van der Waals surface area contributed by atoms with Crippen LogP contribution in [0.3, 0.4) is 0 Å². The van der Waals surface area contributed by atoms with Gasteiger partial charge in [-0.05, 0) is 12.1 Å². The van der Waals surface area contributed by atoms with Crippen LogP contribution in [-0.2, 0) is 6.54 Å². The molecule has 0 bridgehead atoms. The number of aliphatic hydroxyl groups excluding tert-OH is 1. The average Bonchev–Trinajstić information content (AvgIpc) is 2.90. The largest absolute Gasteiger partial charge is 0.391 e. The molecule has 0 radical (unpaired) electrons. The maximum atomic E-state index is 9.98. The predicted molar refractivity (Wildman–Crippen MR) is 85.7 cm³/mol. The number of nitrogens with zero attached hydrogens (tertiary/aromatic N) is 3. The molecule has 0 amide bonds. The number of rotatable bonds is 5. The molecular weight excluding hydrogens is 356 g/mol. The highest BCUT2D eigenvalue weighted by molar-refractivity contribution is 6.55. The molecule has 1 aromatic heterocycles. The first-order chi connectivity index (χ1) is 9.97. The van der Waals surface area contributed by atoms with Crippen LogP contribution in [0.5, 0.6) is 0 Å². The third-order valence-electron chi connectivity index (χ3n) is 2.68. The minimum Gasteiger partial charge on any atom is -0.391 e. The molecule has 1 aromatic carbocycles. The van der Waals surface area contributed by atoms with Crippen LogP contribution < -0.4 is 0 Å². The first-order valence-corrected chi connectivity index (χ1v) is 7.48. The van der Waals surface area contributed by atoms with Gasteiger partial charge >= 0.3 is 0 Å². The summed E-state index contributed by atoms with van der Waals surface area (Å²) in [4.78, 5) is 3.80. The summed E-state index contributed by atoms with van der Waals surface area (Å²) in [5.74, 6) is 0. The Bertz CT molecular complexity index is 643. The Morgan fingerprint density at radius 2 is 2.05 bits per heavy atom. The van der Waals surface area contributed by atoms with E-state index >= 15 is 0 Å². The molecule has 1 heterocycles. The summed E-state index contributed by atoms with van der Waals surface area (Å²) in [6.45, 7) is 0.273. The van der Waals surface area contributed by atoms with E-state index in [2.05, 4.69) is 10.1 Å². The van der Waals surface area contributed by atoms with Crippen molar-refractivity contribution in [1.82, 2.24) is 14.8 Å². The number of halogens is 4. The molecule has 8 heteroatoms. The van der Waals surface area contributed by atoms with Crippen molar-refractivity contribution in [2.45, 2.75) is 19.1 Å². The lowest BCUT2D eigenvalue weighted by atomic mass is 10.1. The zero-order valence-corrected chi connectivity index (χ0v) is 13.7. The highest BCUT2D eigenvalue weighted by atomic mass is 35.5. The van der Waals surface area contributed by atoms with E-state index in [9.17, 15) is 5.11 Å². The van der Waals surface area contributed by atoms with E-state index in [1.165, 1.54) is 17.3 Å². The van der Waals surface area contributed by atoms with Crippen LogP contribution in [0, 0.1) is 0 Å². The van der Waals surface area contributed by atoms with Gasteiger partial charge in [0.25, 0.3) is 0 Å². The zero-order valence-electron chi connectivity index (χ0n) is 10.7. The molecule has 1 atom stereocenters. The third kappa shape index (κ3) is 4.59. The Kier molecular flexibility index (Phi) is 5.90. The number of aliphatic hydroxyl groups is 1. The minimum absolute atomic E-state index is 0.180. The molecule has 21 heavy (non-hydrogen) atoms. The van der Waals surface area contributed by atoms with Gasteiger partial charge in [-0.15, -0.1) is 0 Å². The fourth-order valence-corrected chi connectivity index (χ4v) is 2.79. The van der Waals surface area contributed by atoms with Crippen molar-refractivity contribution in [1.29, 1.82) is 0 Å². The molecule has 1 N–H and O–H groups in total. The maximum Gasteiger partial charge on any atom is 0.137 e. The number of hydrogen-bond donors (Lipinski definition) is 1. The Labute approximate surface area is 141 Å². The van der Waals surface area contributed by atoms with Crippen LogP contribution in [0.15, 0.2) is 35.9 Å². The highest BCUT2D eigenvalue weighted by Crippen LogP contribution is 2.34. The average molecular weight is 367 g/mol. The molecule has 0 aliphatic heterocycles. The van der Waals surface area contributed by atoms with Crippen molar-refractivity contribution in [2.24, 2.45) is 0 Å². The Morgan fingerprint density at radius 1 is 1.29 bits per heavy atom. The summed E-state index contributed by atoms with van der Waals surface area (Å²) in [6, 6.07) is 4.93. The molecule has 2 aromatic rings. The van der Waals surface area contributed by atoms with E-state index in [1.807, 2.05) is 0 Å². The fraction of sp³-hybridized carbons (Fsp3) is 0.231. The second-order valence-electron chi connectivity index (χ2n) is 4.32. The van der Waals surface area contributed by atoms with Crippen molar-refractivity contribution in [3.05, 3.63) is 51.5 Å². The van der Waals surface area contributed by atoms with E-state index in [4.69, 9.17) is 46.4 Å². The number of aromatic nitrogens is 3.